The Kier molecular flexibility index (Phi) is 5.19. The molecule has 0 radical (unpaired) electrons. The highest BCUT2D eigenvalue weighted by Crippen LogP contribution is 2.26. The zero-order valence-corrected chi connectivity index (χ0v) is 15.8. The Morgan fingerprint density at radius 1 is 1.00 bits per heavy atom. The van der Waals surface area contributed by atoms with Crippen LogP contribution in [0.2, 0.25) is 0 Å². The topological polar surface area (TPSA) is 67.3 Å². The number of aromatic nitrogens is 2. The SMILES string of the molecule is COC(=O)c1ccc(Nc2cc(-c3ccccc3)nc(N3CCCC3)n2)cc1. The minimum absolute atomic E-state index is 0.351. The van der Waals surface area contributed by atoms with Crippen LogP contribution in [0.3, 0.4) is 0 Å². The van der Waals surface area contributed by atoms with Crippen molar-refractivity contribution in [3.63, 3.8) is 0 Å². The van der Waals surface area contributed by atoms with Gasteiger partial charge in [0.25, 0.3) is 0 Å². The van der Waals surface area contributed by atoms with Crippen LogP contribution in [0.4, 0.5) is 17.5 Å². The number of rotatable bonds is 5. The molecular weight excluding hydrogens is 352 g/mol. The molecule has 28 heavy (non-hydrogen) atoms. The lowest BCUT2D eigenvalue weighted by molar-refractivity contribution is 0.0601. The summed E-state index contributed by atoms with van der Waals surface area (Å²) < 4.78 is 4.75. The van der Waals surface area contributed by atoms with Crippen molar-refractivity contribution in [1.82, 2.24) is 9.97 Å². The first-order valence-electron chi connectivity index (χ1n) is 9.38. The third kappa shape index (κ3) is 3.96. The number of anilines is 3. The second-order valence-electron chi connectivity index (χ2n) is 6.69. The summed E-state index contributed by atoms with van der Waals surface area (Å²) in [6.07, 6.45) is 2.33. The Morgan fingerprint density at radius 3 is 2.39 bits per heavy atom. The molecule has 142 valence electrons. The zero-order valence-electron chi connectivity index (χ0n) is 15.8. The zero-order chi connectivity index (χ0) is 19.3. The molecule has 2 heterocycles. The molecule has 6 nitrogen and oxygen atoms in total. The highest BCUT2D eigenvalue weighted by molar-refractivity contribution is 5.89. The molecule has 0 amide bonds. The summed E-state index contributed by atoms with van der Waals surface area (Å²) >= 11 is 0. The van der Waals surface area contributed by atoms with E-state index >= 15 is 0 Å². The molecule has 1 aliphatic heterocycles. The summed E-state index contributed by atoms with van der Waals surface area (Å²) in [6, 6.07) is 19.2. The number of methoxy groups -OCH3 is 1. The number of carbonyl (C=O) groups is 1. The fraction of sp³-hybridized carbons (Fsp3) is 0.227. The predicted octanol–water partition coefficient (Wildman–Crippen LogP) is 4.27. The molecule has 1 aromatic heterocycles. The largest absolute Gasteiger partial charge is 0.465 e. The Hall–Kier alpha value is -3.41. The molecule has 0 aliphatic carbocycles. The van der Waals surface area contributed by atoms with Crippen LogP contribution >= 0.6 is 0 Å². The molecule has 2 aromatic carbocycles. The molecule has 6 heteroatoms. The van der Waals surface area contributed by atoms with E-state index in [9.17, 15) is 4.79 Å². The predicted molar refractivity (Wildman–Crippen MR) is 110 cm³/mol. The summed E-state index contributed by atoms with van der Waals surface area (Å²) in [7, 11) is 1.38. The van der Waals surface area contributed by atoms with Gasteiger partial charge in [0, 0.05) is 30.4 Å². The van der Waals surface area contributed by atoms with Crippen molar-refractivity contribution in [2.45, 2.75) is 12.8 Å². The van der Waals surface area contributed by atoms with Crippen molar-refractivity contribution in [3.05, 3.63) is 66.2 Å². The maximum Gasteiger partial charge on any atom is 0.337 e. The molecule has 0 spiro atoms. The molecule has 1 saturated heterocycles. The number of esters is 1. The first-order valence-corrected chi connectivity index (χ1v) is 9.38. The molecule has 1 N–H and O–H groups in total. The van der Waals surface area contributed by atoms with Crippen LogP contribution in [0.1, 0.15) is 23.2 Å². The maximum atomic E-state index is 11.6. The van der Waals surface area contributed by atoms with Gasteiger partial charge >= 0.3 is 5.97 Å². The van der Waals surface area contributed by atoms with E-state index in [1.807, 2.05) is 48.5 Å². The van der Waals surface area contributed by atoms with Crippen LogP contribution in [0.15, 0.2) is 60.7 Å². The Balaban J connectivity index is 1.65. The fourth-order valence-corrected chi connectivity index (χ4v) is 3.27. The van der Waals surface area contributed by atoms with Crippen LogP contribution in [0.25, 0.3) is 11.3 Å². The van der Waals surface area contributed by atoms with E-state index in [-0.39, 0.29) is 5.97 Å². The second-order valence-corrected chi connectivity index (χ2v) is 6.69. The van der Waals surface area contributed by atoms with E-state index in [4.69, 9.17) is 14.7 Å². The Bertz CT molecular complexity index is 952. The minimum Gasteiger partial charge on any atom is -0.465 e. The molecule has 0 bridgehead atoms. The molecule has 1 fully saturated rings. The quantitative estimate of drug-likeness (QED) is 0.673. The van der Waals surface area contributed by atoms with Gasteiger partial charge in [-0.2, -0.15) is 4.98 Å². The molecular formula is C22H22N4O2. The maximum absolute atomic E-state index is 11.6. The smallest absolute Gasteiger partial charge is 0.337 e. The highest BCUT2D eigenvalue weighted by atomic mass is 16.5. The van der Waals surface area contributed by atoms with Crippen LogP contribution in [0.5, 0.6) is 0 Å². The number of nitrogens with zero attached hydrogens (tertiary/aromatic N) is 3. The summed E-state index contributed by atoms with van der Waals surface area (Å²) in [5.41, 5.74) is 3.29. The van der Waals surface area contributed by atoms with Gasteiger partial charge in [-0.25, -0.2) is 9.78 Å². The van der Waals surface area contributed by atoms with Gasteiger partial charge in [0.15, 0.2) is 0 Å². The van der Waals surface area contributed by atoms with Crippen LogP contribution in [0, 0.1) is 0 Å². The number of nitrogens with one attached hydrogen (secondary N) is 1. The van der Waals surface area contributed by atoms with Crippen molar-refractivity contribution in [1.29, 1.82) is 0 Å². The van der Waals surface area contributed by atoms with Gasteiger partial charge in [0.1, 0.15) is 5.82 Å². The lowest BCUT2D eigenvalue weighted by Gasteiger charge is -2.18. The van der Waals surface area contributed by atoms with Crippen LogP contribution in [-0.2, 0) is 4.74 Å². The van der Waals surface area contributed by atoms with Crippen molar-refractivity contribution in [2.24, 2.45) is 0 Å². The third-order valence-electron chi connectivity index (χ3n) is 4.75. The molecule has 0 unspecified atom stereocenters. The molecule has 0 saturated carbocycles. The number of benzene rings is 2. The number of ether oxygens (including phenoxy) is 1. The van der Waals surface area contributed by atoms with E-state index < -0.39 is 0 Å². The van der Waals surface area contributed by atoms with Crippen molar-refractivity contribution in [3.8, 4) is 11.3 Å². The fourth-order valence-electron chi connectivity index (χ4n) is 3.27. The minimum atomic E-state index is -0.351. The molecule has 0 atom stereocenters. The van der Waals surface area contributed by atoms with Gasteiger partial charge in [-0.05, 0) is 37.1 Å². The van der Waals surface area contributed by atoms with Crippen LogP contribution < -0.4 is 10.2 Å². The van der Waals surface area contributed by atoms with E-state index in [2.05, 4.69) is 10.2 Å². The lowest BCUT2D eigenvalue weighted by Crippen LogP contribution is -2.21. The summed E-state index contributed by atoms with van der Waals surface area (Å²) in [4.78, 5) is 23.3. The standard InChI is InChI=1S/C22H22N4O2/c1-28-21(27)17-9-11-18(12-10-17)23-20-15-19(16-7-3-2-4-8-16)24-22(25-20)26-13-5-6-14-26/h2-4,7-12,15H,5-6,13-14H2,1H3,(H,23,24,25). The van der Waals surface area contributed by atoms with E-state index in [0.29, 0.717) is 5.56 Å². The van der Waals surface area contributed by atoms with Crippen molar-refractivity contribution >= 4 is 23.4 Å². The van der Waals surface area contributed by atoms with Crippen molar-refractivity contribution < 1.29 is 9.53 Å². The number of carbonyl (C=O) groups excluding carboxylic acids is 1. The van der Waals surface area contributed by atoms with Gasteiger partial charge in [-0.1, -0.05) is 30.3 Å². The average Bonchev–Trinajstić information content (AvgIpc) is 3.29. The van der Waals surface area contributed by atoms with Gasteiger partial charge in [-0.15, -0.1) is 0 Å². The number of hydrogen-bond donors (Lipinski definition) is 1. The third-order valence-corrected chi connectivity index (χ3v) is 4.75. The second kappa shape index (κ2) is 8.08. The summed E-state index contributed by atoms with van der Waals surface area (Å²) in [6.45, 7) is 1.96. The van der Waals surface area contributed by atoms with E-state index in [1.165, 1.54) is 7.11 Å². The normalized spacial score (nSPS) is 13.4. The highest BCUT2D eigenvalue weighted by Gasteiger charge is 2.17. The molecule has 1 aliphatic rings. The lowest BCUT2D eigenvalue weighted by atomic mass is 10.1. The molecule has 3 aromatic rings. The summed E-state index contributed by atoms with van der Waals surface area (Å²) in [5.74, 6) is 1.12. The van der Waals surface area contributed by atoms with E-state index in [1.54, 1.807) is 12.1 Å². The number of hydrogen-bond acceptors (Lipinski definition) is 6. The van der Waals surface area contributed by atoms with Crippen LogP contribution in [-0.4, -0.2) is 36.1 Å². The van der Waals surface area contributed by atoms with Gasteiger partial charge in [0.05, 0.1) is 18.4 Å². The van der Waals surface area contributed by atoms with Gasteiger partial charge in [0.2, 0.25) is 5.95 Å². The Morgan fingerprint density at radius 2 is 1.71 bits per heavy atom. The summed E-state index contributed by atoms with van der Waals surface area (Å²) in [5, 5.41) is 3.33. The van der Waals surface area contributed by atoms with Gasteiger partial charge < -0.3 is 15.0 Å². The van der Waals surface area contributed by atoms with Gasteiger partial charge in [-0.3, -0.25) is 0 Å². The average molecular weight is 374 g/mol. The first-order chi connectivity index (χ1) is 13.7. The first kappa shape index (κ1) is 18.0. The monoisotopic (exact) mass is 374 g/mol. The van der Waals surface area contributed by atoms with E-state index in [0.717, 1.165) is 54.6 Å². The Labute approximate surface area is 164 Å². The molecule has 4 rings (SSSR count). The van der Waals surface area contributed by atoms with Crippen molar-refractivity contribution in [2.75, 3.05) is 30.4 Å².